The summed E-state index contributed by atoms with van der Waals surface area (Å²) in [6.45, 7) is 2.54. The van der Waals surface area contributed by atoms with Gasteiger partial charge in [-0.05, 0) is 15.9 Å². The summed E-state index contributed by atoms with van der Waals surface area (Å²) in [6.07, 6.45) is 3.38. The minimum atomic E-state index is 0.00208. The number of hydrogen-bond acceptors (Lipinski definition) is 4. The molecule has 0 saturated heterocycles. The molecule has 15 heavy (non-hydrogen) atoms. The first kappa shape index (κ1) is 11.9. The Labute approximate surface area is 97.3 Å². The maximum atomic E-state index is 7.29. The first-order valence-corrected chi connectivity index (χ1v) is 5.32. The van der Waals surface area contributed by atoms with Gasteiger partial charge in [0.15, 0.2) is 0 Å². The van der Waals surface area contributed by atoms with Crippen LogP contribution in [0.5, 0.6) is 0 Å². The molecule has 0 radical (unpaired) electrons. The highest BCUT2D eigenvalue weighted by molar-refractivity contribution is 9.10. The largest absolute Gasteiger partial charge is 0.387 e. The standard InChI is InChI=1S/C9H14BrN5/c1-6(8(11)12)5-15(2)9-13-3-7(10)4-14-9/h3-4,6H,5H2,1-2H3,(H3,11,12). The fourth-order valence-corrected chi connectivity index (χ4v) is 1.30. The van der Waals surface area contributed by atoms with Crippen LogP contribution in [0.25, 0.3) is 0 Å². The second-order valence-corrected chi connectivity index (χ2v) is 4.35. The van der Waals surface area contributed by atoms with E-state index in [1.807, 2.05) is 18.9 Å². The van der Waals surface area contributed by atoms with Gasteiger partial charge in [-0.3, -0.25) is 5.41 Å². The van der Waals surface area contributed by atoms with Crippen LogP contribution in [0.15, 0.2) is 16.9 Å². The van der Waals surface area contributed by atoms with Crippen molar-refractivity contribution in [2.24, 2.45) is 11.7 Å². The lowest BCUT2D eigenvalue weighted by Crippen LogP contribution is -2.32. The van der Waals surface area contributed by atoms with Gasteiger partial charge in [0.2, 0.25) is 5.95 Å². The monoisotopic (exact) mass is 271 g/mol. The Morgan fingerprint density at radius 3 is 2.60 bits per heavy atom. The molecule has 0 aliphatic rings. The van der Waals surface area contributed by atoms with Gasteiger partial charge in [-0.1, -0.05) is 6.92 Å². The second-order valence-electron chi connectivity index (χ2n) is 3.44. The molecule has 1 aromatic heterocycles. The van der Waals surface area contributed by atoms with Crippen molar-refractivity contribution >= 4 is 27.7 Å². The van der Waals surface area contributed by atoms with E-state index in [-0.39, 0.29) is 11.8 Å². The maximum absolute atomic E-state index is 7.29. The highest BCUT2D eigenvalue weighted by Gasteiger charge is 2.11. The van der Waals surface area contributed by atoms with Gasteiger partial charge in [0, 0.05) is 31.9 Å². The topological polar surface area (TPSA) is 78.9 Å². The minimum absolute atomic E-state index is 0.00208. The van der Waals surface area contributed by atoms with Crippen molar-refractivity contribution in [1.82, 2.24) is 9.97 Å². The normalized spacial score (nSPS) is 12.2. The molecular weight excluding hydrogens is 258 g/mol. The summed E-state index contributed by atoms with van der Waals surface area (Å²) in [5.74, 6) is 0.813. The van der Waals surface area contributed by atoms with Gasteiger partial charge < -0.3 is 10.6 Å². The summed E-state index contributed by atoms with van der Waals surface area (Å²) in [6, 6.07) is 0. The van der Waals surface area contributed by atoms with Crippen molar-refractivity contribution in [3.8, 4) is 0 Å². The maximum Gasteiger partial charge on any atom is 0.225 e. The first-order chi connectivity index (χ1) is 7.00. The molecule has 1 aromatic rings. The van der Waals surface area contributed by atoms with Crippen molar-refractivity contribution in [1.29, 1.82) is 5.41 Å². The average molecular weight is 272 g/mol. The fraction of sp³-hybridized carbons (Fsp3) is 0.444. The third-order valence-electron chi connectivity index (χ3n) is 2.03. The van der Waals surface area contributed by atoms with Gasteiger partial charge in [0.05, 0.1) is 10.3 Å². The highest BCUT2D eigenvalue weighted by atomic mass is 79.9. The van der Waals surface area contributed by atoms with E-state index in [1.165, 1.54) is 0 Å². The smallest absolute Gasteiger partial charge is 0.225 e. The third-order valence-corrected chi connectivity index (χ3v) is 2.44. The number of nitrogens with one attached hydrogen (secondary N) is 1. The quantitative estimate of drug-likeness (QED) is 0.638. The Kier molecular flexibility index (Phi) is 4.02. The van der Waals surface area contributed by atoms with Crippen LogP contribution in [0.3, 0.4) is 0 Å². The SMILES string of the molecule is CC(CN(C)c1ncc(Br)cn1)C(=N)N. The Bertz CT molecular complexity index is 337. The molecule has 1 heterocycles. The fourth-order valence-electron chi connectivity index (χ4n) is 1.09. The zero-order valence-corrected chi connectivity index (χ0v) is 10.3. The lowest BCUT2D eigenvalue weighted by atomic mass is 10.1. The van der Waals surface area contributed by atoms with E-state index in [1.54, 1.807) is 12.4 Å². The molecule has 0 aliphatic heterocycles. The van der Waals surface area contributed by atoms with Crippen molar-refractivity contribution < 1.29 is 0 Å². The van der Waals surface area contributed by atoms with Crippen LogP contribution in [-0.4, -0.2) is 29.4 Å². The molecule has 1 atom stereocenters. The van der Waals surface area contributed by atoms with Crippen LogP contribution >= 0.6 is 15.9 Å². The predicted octanol–water partition coefficient (Wildman–Crippen LogP) is 1.25. The van der Waals surface area contributed by atoms with Crippen molar-refractivity contribution in [2.45, 2.75) is 6.92 Å². The van der Waals surface area contributed by atoms with Crippen molar-refractivity contribution in [3.05, 3.63) is 16.9 Å². The van der Waals surface area contributed by atoms with E-state index in [9.17, 15) is 0 Å². The number of rotatable bonds is 4. The van der Waals surface area contributed by atoms with Gasteiger partial charge in [-0.25, -0.2) is 9.97 Å². The summed E-state index contributed by atoms with van der Waals surface area (Å²) < 4.78 is 0.847. The summed E-state index contributed by atoms with van der Waals surface area (Å²) in [7, 11) is 1.88. The van der Waals surface area contributed by atoms with Crippen LogP contribution in [0.4, 0.5) is 5.95 Å². The Balaban J connectivity index is 2.64. The van der Waals surface area contributed by atoms with Crippen LogP contribution in [-0.2, 0) is 0 Å². The molecule has 82 valence electrons. The molecule has 0 saturated carbocycles. The molecule has 3 N–H and O–H groups in total. The summed E-state index contributed by atoms with van der Waals surface area (Å²) >= 11 is 3.27. The number of amidine groups is 1. The molecule has 0 amide bonds. The molecule has 0 fully saturated rings. The third kappa shape index (κ3) is 3.47. The molecule has 6 heteroatoms. The zero-order valence-electron chi connectivity index (χ0n) is 8.74. The molecule has 0 bridgehead atoms. The van der Waals surface area contributed by atoms with E-state index in [2.05, 4.69) is 25.9 Å². The van der Waals surface area contributed by atoms with Gasteiger partial charge in [-0.15, -0.1) is 0 Å². The Morgan fingerprint density at radius 2 is 2.13 bits per heavy atom. The summed E-state index contributed by atoms with van der Waals surface area (Å²) in [5.41, 5.74) is 5.39. The molecule has 1 unspecified atom stereocenters. The molecular formula is C9H14BrN5. The number of anilines is 1. The van der Waals surface area contributed by atoms with E-state index in [4.69, 9.17) is 11.1 Å². The lowest BCUT2D eigenvalue weighted by Gasteiger charge is -2.20. The number of aromatic nitrogens is 2. The van der Waals surface area contributed by atoms with Gasteiger partial charge in [0.1, 0.15) is 0 Å². The van der Waals surface area contributed by atoms with Gasteiger partial charge >= 0.3 is 0 Å². The van der Waals surface area contributed by atoms with Gasteiger partial charge in [-0.2, -0.15) is 0 Å². The van der Waals surface area contributed by atoms with Crippen LogP contribution < -0.4 is 10.6 Å². The zero-order chi connectivity index (χ0) is 11.4. The van der Waals surface area contributed by atoms with E-state index < -0.39 is 0 Å². The Morgan fingerprint density at radius 1 is 1.60 bits per heavy atom. The minimum Gasteiger partial charge on any atom is -0.387 e. The number of nitrogens with two attached hydrogens (primary N) is 1. The van der Waals surface area contributed by atoms with Crippen molar-refractivity contribution in [3.63, 3.8) is 0 Å². The first-order valence-electron chi connectivity index (χ1n) is 4.53. The molecule has 0 aliphatic carbocycles. The lowest BCUT2D eigenvalue weighted by molar-refractivity contribution is 0.714. The van der Waals surface area contributed by atoms with Crippen LogP contribution in [0, 0.1) is 11.3 Å². The molecule has 5 nitrogen and oxygen atoms in total. The average Bonchev–Trinajstić information content (AvgIpc) is 2.18. The number of hydrogen-bond donors (Lipinski definition) is 2. The highest BCUT2D eigenvalue weighted by Crippen LogP contribution is 2.10. The molecule has 1 rings (SSSR count). The predicted molar refractivity (Wildman–Crippen MR) is 64.1 cm³/mol. The van der Waals surface area contributed by atoms with Crippen molar-refractivity contribution in [2.75, 3.05) is 18.5 Å². The van der Waals surface area contributed by atoms with E-state index >= 15 is 0 Å². The van der Waals surface area contributed by atoms with Crippen LogP contribution in [0.1, 0.15) is 6.92 Å². The van der Waals surface area contributed by atoms with Crippen LogP contribution in [0.2, 0.25) is 0 Å². The summed E-state index contributed by atoms with van der Waals surface area (Å²) in [5, 5.41) is 7.29. The number of halogens is 1. The van der Waals surface area contributed by atoms with E-state index in [0.717, 1.165) is 4.47 Å². The Hall–Kier alpha value is -1.17. The molecule has 0 spiro atoms. The second kappa shape index (κ2) is 5.06. The molecule has 0 aromatic carbocycles. The summed E-state index contributed by atoms with van der Waals surface area (Å²) in [4.78, 5) is 10.2. The number of nitrogens with zero attached hydrogens (tertiary/aromatic N) is 3. The van der Waals surface area contributed by atoms with Gasteiger partial charge in [0.25, 0.3) is 0 Å². The van der Waals surface area contributed by atoms with E-state index in [0.29, 0.717) is 12.5 Å².